The molecule has 0 fully saturated rings. The van der Waals surface area contributed by atoms with Gasteiger partial charge in [-0.1, -0.05) is 25.4 Å². The monoisotopic (exact) mass is 397 g/mol. The number of carbonyl (C=O) groups excluding carboxylic acids is 1. The van der Waals surface area contributed by atoms with Gasteiger partial charge in [0.2, 0.25) is 10.0 Å². The molecule has 1 aromatic carbocycles. The lowest BCUT2D eigenvalue weighted by Crippen LogP contribution is -2.15. The maximum atomic E-state index is 11.9. The van der Waals surface area contributed by atoms with Crippen molar-refractivity contribution in [3.63, 3.8) is 0 Å². The molecule has 2 N–H and O–H groups in total. The van der Waals surface area contributed by atoms with E-state index in [0.29, 0.717) is 5.92 Å². The Morgan fingerprint density at radius 3 is 2.57 bits per heavy atom. The van der Waals surface area contributed by atoms with Gasteiger partial charge in [-0.25, -0.2) is 18.4 Å². The highest BCUT2D eigenvalue weighted by Gasteiger charge is 2.20. The van der Waals surface area contributed by atoms with Gasteiger partial charge in [0, 0.05) is 4.47 Å². The highest BCUT2D eigenvalue weighted by atomic mass is 79.9. The standard InChI is InChI=1S/C13H17BrClNO4S/c1-8(2)4-3-5-20-13(17)9-6-12(21(16,18)19)10(14)7-11(9)15/h6-8H,3-5H2,1-2H3,(H2,16,18,19). The van der Waals surface area contributed by atoms with Crippen molar-refractivity contribution in [3.05, 3.63) is 27.2 Å². The first-order valence-electron chi connectivity index (χ1n) is 6.32. The van der Waals surface area contributed by atoms with Crippen LogP contribution in [0.15, 0.2) is 21.5 Å². The molecule has 0 amide bonds. The van der Waals surface area contributed by atoms with E-state index >= 15 is 0 Å². The summed E-state index contributed by atoms with van der Waals surface area (Å²) in [5.74, 6) is -0.143. The fraction of sp³-hybridized carbons (Fsp3) is 0.462. The molecule has 0 bridgehead atoms. The number of nitrogens with two attached hydrogens (primary N) is 1. The summed E-state index contributed by atoms with van der Waals surface area (Å²) >= 11 is 8.99. The molecular formula is C13H17BrClNO4S. The Balaban J connectivity index is 2.90. The zero-order chi connectivity index (χ0) is 16.2. The number of sulfonamides is 1. The van der Waals surface area contributed by atoms with Crippen molar-refractivity contribution >= 4 is 43.5 Å². The molecule has 0 atom stereocenters. The fourth-order valence-corrected chi connectivity index (χ4v) is 3.64. The van der Waals surface area contributed by atoms with E-state index in [1.807, 2.05) is 0 Å². The summed E-state index contributed by atoms with van der Waals surface area (Å²) in [7, 11) is -3.96. The lowest BCUT2D eigenvalue weighted by atomic mass is 10.1. The Labute approximate surface area is 138 Å². The first-order valence-corrected chi connectivity index (χ1v) is 9.03. The van der Waals surface area contributed by atoms with Crippen LogP contribution >= 0.6 is 27.5 Å². The predicted octanol–water partition coefficient (Wildman–Crippen LogP) is 3.34. The molecule has 0 saturated carbocycles. The Morgan fingerprint density at radius 2 is 2.05 bits per heavy atom. The molecule has 0 aliphatic heterocycles. The predicted molar refractivity (Wildman–Crippen MR) is 84.9 cm³/mol. The van der Waals surface area contributed by atoms with Crippen molar-refractivity contribution in [2.24, 2.45) is 11.1 Å². The average Bonchev–Trinajstić information content (AvgIpc) is 2.32. The van der Waals surface area contributed by atoms with Crippen molar-refractivity contribution in [1.29, 1.82) is 0 Å². The molecule has 118 valence electrons. The minimum absolute atomic E-state index is 0.0200. The average molecular weight is 399 g/mol. The summed E-state index contributed by atoms with van der Waals surface area (Å²) in [4.78, 5) is 11.7. The van der Waals surface area contributed by atoms with Crippen molar-refractivity contribution in [2.75, 3.05) is 6.61 Å². The van der Waals surface area contributed by atoms with Crippen LogP contribution in [0.5, 0.6) is 0 Å². The molecule has 21 heavy (non-hydrogen) atoms. The minimum Gasteiger partial charge on any atom is -0.462 e. The molecular weight excluding hydrogens is 382 g/mol. The molecule has 0 aliphatic rings. The Bertz CT molecular complexity index is 631. The Morgan fingerprint density at radius 1 is 1.43 bits per heavy atom. The topological polar surface area (TPSA) is 86.5 Å². The van der Waals surface area contributed by atoms with Crippen LogP contribution in [0.1, 0.15) is 37.0 Å². The summed E-state index contributed by atoms with van der Waals surface area (Å²) in [6.07, 6.45) is 1.67. The SMILES string of the molecule is CC(C)CCCOC(=O)c1cc(S(N)(=O)=O)c(Br)cc1Cl. The second kappa shape index (κ2) is 7.58. The summed E-state index contributed by atoms with van der Waals surface area (Å²) in [5, 5.41) is 5.18. The van der Waals surface area contributed by atoms with Crippen LogP contribution in [0.4, 0.5) is 0 Å². The number of halogens is 2. The maximum absolute atomic E-state index is 11.9. The third-order valence-electron chi connectivity index (χ3n) is 2.71. The molecule has 1 aromatic rings. The Kier molecular flexibility index (Phi) is 6.65. The van der Waals surface area contributed by atoms with Crippen molar-refractivity contribution in [3.8, 4) is 0 Å². The molecule has 0 saturated heterocycles. The summed E-state index contributed by atoms with van der Waals surface area (Å²) in [5.41, 5.74) is -0.0200. The zero-order valence-corrected chi connectivity index (χ0v) is 14.9. The van der Waals surface area contributed by atoms with Crippen LogP contribution in [-0.4, -0.2) is 21.0 Å². The van der Waals surface area contributed by atoms with Gasteiger partial charge < -0.3 is 4.74 Å². The van der Waals surface area contributed by atoms with Gasteiger partial charge >= 0.3 is 5.97 Å². The van der Waals surface area contributed by atoms with E-state index in [1.165, 1.54) is 6.07 Å². The van der Waals surface area contributed by atoms with E-state index in [4.69, 9.17) is 21.5 Å². The Hall–Kier alpha value is -0.630. The molecule has 0 radical (unpaired) electrons. The molecule has 0 unspecified atom stereocenters. The lowest BCUT2D eigenvalue weighted by Gasteiger charge is -2.10. The largest absolute Gasteiger partial charge is 0.462 e. The van der Waals surface area contributed by atoms with Crippen LogP contribution in [0, 0.1) is 5.92 Å². The molecule has 0 spiro atoms. The quantitative estimate of drug-likeness (QED) is 0.588. The first-order chi connectivity index (χ1) is 9.62. The smallest absolute Gasteiger partial charge is 0.339 e. The van der Waals surface area contributed by atoms with Gasteiger partial charge in [-0.3, -0.25) is 0 Å². The third-order valence-corrected chi connectivity index (χ3v) is 4.89. The number of primary sulfonamides is 1. The van der Waals surface area contributed by atoms with E-state index in [-0.39, 0.29) is 26.6 Å². The van der Waals surface area contributed by atoms with E-state index in [0.717, 1.165) is 18.9 Å². The van der Waals surface area contributed by atoms with E-state index < -0.39 is 16.0 Å². The van der Waals surface area contributed by atoms with E-state index in [9.17, 15) is 13.2 Å². The second-order valence-electron chi connectivity index (χ2n) is 4.98. The van der Waals surface area contributed by atoms with Crippen LogP contribution < -0.4 is 5.14 Å². The van der Waals surface area contributed by atoms with Crippen molar-refractivity contribution < 1.29 is 17.9 Å². The molecule has 5 nitrogen and oxygen atoms in total. The van der Waals surface area contributed by atoms with Gasteiger partial charge in [0.1, 0.15) is 0 Å². The molecule has 0 heterocycles. The van der Waals surface area contributed by atoms with Gasteiger partial charge in [-0.2, -0.15) is 0 Å². The van der Waals surface area contributed by atoms with Crippen LogP contribution in [0.25, 0.3) is 0 Å². The van der Waals surface area contributed by atoms with Crippen LogP contribution in [-0.2, 0) is 14.8 Å². The number of hydrogen-bond acceptors (Lipinski definition) is 4. The van der Waals surface area contributed by atoms with Gasteiger partial charge in [0.25, 0.3) is 0 Å². The lowest BCUT2D eigenvalue weighted by molar-refractivity contribution is 0.0494. The van der Waals surface area contributed by atoms with Gasteiger partial charge in [0.05, 0.1) is 22.1 Å². The highest BCUT2D eigenvalue weighted by Crippen LogP contribution is 2.28. The molecule has 0 aromatic heterocycles. The van der Waals surface area contributed by atoms with Gasteiger partial charge in [-0.15, -0.1) is 0 Å². The summed E-state index contributed by atoms with van der Waals surface area (Å²) in [6, 6.07) is 2.43. The number of benzene rings is 1. The number of carbonyl (C=O) groups is 1. The molecule has 8 heteroatoms. The second-order valence-corrected chi connectivity index (χ2v) is 7.77. The normalized spacial score (nSPS) is 11.7. The fourth-order valence-electron chi connectivity index (χ4n) is 1.64. The van der Waals surface area contributed by atoms with Gasteiger partial charge in [0.15, 0.2) is 0 Å². The third kappa shape index (κ3) is 5.58. The maximum Gasteiger partial charge on any atom is 0.339 e. The number of ether oxygens (including phenoxy) is 1. The zero-order valence-electron chi connectivity index (χ0n) is 11.7. The van der Waals surface area contributed by atoms with Crippen LogP contribution in [0.2, 0.25) is 5.02 Å². The van der Waals surface area contributed by atoms with Crippen molar-refractivity contribution in [2.45, 2.75) is 31.6 Å². The minimum atomic E-state index is -3.96. The first kappa shape index (κ1) is 18.4. The summed E-state index contributed by atoms with van der Waals surface area (Å²) < 4.78 is 28.1. The van der Waals surface area contributed by atoms with Gasteiger partial charge in [-0.05, 0) is 46.8 Å². The molecule has 1 rings (SSSR count). The molecule has 0 aliphatic carbocycles. The number of rotatable bonds is 6. The number of esters is 1. The van der Waals surface area contributed by atoms with Crippen LogP contribution in [0.3, 0.4) is 0 Å². The highest BCUT2D eigenvalue weighted by molar-refractivity contribution is 9.10. The van der Waals surface area contributed by atoms with E-state index in [2.05, 4.69) is 29.8 Å². The van der Waals surface area contributed by atoms with E-state index in [1.54, 1.807) is 0 Å². The van der Waals surface area contributed by atoms with Crippen molar-refractivity contribution in [1.82, 2.24) is 0 Å². The summed E-state index contributed by atoms with van der Waals surface area (Å²) in [6.45, 7) is 4.41. The number of hydrogen-bond donors (Lipinski definition) is 1.